The lowest BCUT2D eigenvalue weighted by Gasteiger charge is -2.27. The van der Waals surface area contributed by atoms with Gasteiger partial charge in [-0.2, -0.15) is 4.58 Å². The van der Waals surface area contributed by atoms with Gasteiger partial charge in [-0.1, -0.05) is 74.5 Å². The number of fused-ring (bicyclic) bond motifs is 6. The zero-order chi connectivity index (χ0) is 36.8. The van der Waals surface area contributed by atoms with Crippen molar-refractivity contribution >= 4 is 50.6 Å². The molecule has 7 nitrogen and oxygen atoms in total. The van der Waals surface area contributed by atoms with Crippen molar-refractivity contribution < 1.29 is 41.5 Å². The summed E-state index contributed by atoms with van der Waals surface area (Å²) in [5.74, 6) is -0.787. The van der Waals surface area contributed by atoms with Gasteiger partial charge in [-0.25, -0.2) is 0 Å². The van der Waals surface area contributed by atoms with Crippen molar-refractivity contribution in [1.82, 2.24) is 0 Å². The molecule has 274 valence electrons. The van der Waals surface area contributed by atoms with Gasteiger partial charge in [0.1, 0.15) is 12.2 Å². The number of carboxylic acid groups (broad SMARTS) is 2. The smallest absolute Gasteiger partial charge is 0.309 e. The van der Waals surface area contributed by atoms with Gasteiger partial charge in [0.05, 0.1) is 18.9 Å². The topological polar surface area (TPSA) is 90.1 Å². The third-order valence-corrected chi connectivity index (χ3v) is 11.2. The van der Waals surface area contributed by atoms with Crippen molar-refractivity contribution in [2.75, 3.05) is 25.1 Å². The molecule has 0 unspecified atom stereocenters. The summed E-state index contributed by atoms with van der Waals surface area (Å²) in [5, 5.41) is 24.0. The molecule has 0 spiro atoms. The van der Waals surface area contributed by atoms with Gasteiger partial charge in [0, 0.05) is 41.1 Å². The summed E-state index contributed by atoms with van der Waals surface area (Å²) in [5.41, 5.74) is 8.16. The molecule has 1 aliphatic carbocycles. The molecular weight excluding hydrogens is 684 g/mol. The third kappa shape index (κ3) is 6.67. The first-order valence-corrected chi connectivity index (χ1v) is 18.2. The van der Waals surface area contributed by atoms with Gasteiger partial charge < -0.3 is 32.3 Å². The van der Waals surface area contributed by atoms with Gasteiger partial charge in [0.15, 0.2) is 12.3 Å². The van der Waals surface area contributed by atoms with Gasteiger partial charge in [0.2, 0.25) is 5.69 Å². The van der Waals surface area contributed by atoms with Gasteiger partial charge >= 0.3 is 11.9 Å². The number of methoxy groups -OCH3 is 1. The van der Waals surface area contributed by atoms with Gasteiger partial charge in [-0.15, -0.1) is 0 Å². The van der Waals surface area contributed by atoms with Crippen molar-refractivity contribution in [1.29, 1.82) is 0 Å². The zero-order valence-corrected chi connectivity index (χ0v) is 31.8. The molecule has 0 atom stereocenters. The highest BCUT2D eigenvalue weighted by molar-refractivity contribution is 6.08. The highest BCUT2D eigenvalue weighted by Gasteiger charge is 2.46. The molecule has 2 aliphatic heterocycles. The molecule has 0 bridgehead atoms. The van der Waals surface area contributed by atoms with Crippen molar-refractivity contribution in [3.8, 4) is 0 Å². The molecule has 0 saturated heterocycles. The Kier molecular flexibility index (Phi) is 10.4. The molecule has 0 fully saturated rings. The minimum atomic E-state index is -0.820. The van der Waals surface area contributed by atoms with E-state index in [1.165, 1.54) is 32.7 Å². The van der Waals surface area contributed by atoms with Crippen LogP contribution in [0.1, 0.15) is 70.9 Å². The fraction of sp³-hybridized carbons (Fsp3) is 0.311. The predicted octanol–water partition coefficient (Wildman–Crippen LogP) is 6.57. The molecule has 0 aromatic heterocycles. The SMILES string of the molecule is COC1=C(/C=C/C2=[N+](CCC(=O)O)c3ccc4ccccc4c3C2(C)C)CCC/C1=C\C=C1\N(CCC(=O)O)c2ccc3ccccc3c2C1(C)C.[Cl-]. The van der Waals surface area contributed by atoms with E-state index in [0.717, 1.165) is 59.0 Å². The Morgan fingerprint density at radius 3 is 2.09 bits per heavy atom. The number of allylic oxidation sites excluding steroid dienone is 7. The number of ether oxygens (including phenoxy) is 1. The Morgan fingerprint density at radius 1 is 0.792 bits per heavy atom. The van der Waals surface area contributed by atoms with Crippen molar-refractivity contribution in [2.45, 2.75) is 70.6 Å². The van der Waals surface area contributed by atoms with Gasteiger partial charge in [-0.05, 0) is 95.6 Å². The Morgan fingerprint density at radius 2 is 1.43 bits per heavy atom. The van der Waals surface area contributed by atoms with Crippen LogP contribution in [0.15, 0.2) is 120 Å². The second kappa shape index (κ2) is 14.7. The number of rotatable bonds is 10. The number of aliphatic carboxylic acids is 2. The fourth-order valence-corrected chi connectivity index (χ4v) is 8.81. The number of hydrogen-bond donors (Lipinski definition) is 2. The van der Waals surface area contributed by atoms with Crippen LogP contribution in [0.2, 0.25) is 0 Å². The number of carboxylic acids is 2. The summed E-state index contributed by atoms with van der Waals surface area (Å²) in [7, 11) is 1.73. The summed E-state index contributed by atoms with van der Waals surface area (Å²) in [6, 6.07) is 25.3. The van der Waals surface area contributed by atoms with E-state index < -0.39 is 11.9 Å². The van der Waals surface area contributed by atoms with Crippen LogP contribution in [-0.4, -0.2) is 52.6 Å². The molecule has 8 heteroatoms. The predicted molar refractivity (Wildman–Crippen MR) is 209 cm³/mol. The monoisotopic (exact) mass is 730 g/mol. The lowest BCUT2D eigenvalue weighted by atomic mass is 9.78. The Labute approximate surface area is 317 Å². The van der Waals surface area contributed by atoms with E-state index in [0.29, 0.717) is 13.1 Å². The minimum Gasteiger partial charge on any atom is -1.00 e. The summed E-state index contributed by atoms with van der Waals surface area (Å²) in [4.78, 5) is 25.7. The first-order chi connectivity index (χ1) is 24.9. The van der Waals surface area contributed by atoms with Crippen molar-refractivity contribution in [3.63, 3.8) is 0 Å². The van der Waals surface area contributed by atoms with Crippen LogP contribution in [0, 0.1) is 0 Å². The molecule has 2 N–H and O–H groups in total. The molecule has 4 aromatic carbocycles. The lowest BCUT2D eigenvalue weighted by Crippen LogP contribution is -3.00. The highest BCUT2D eigenvalue weighted by Crippen LogP contribution is 2.51. The van der Waals surface area contributed by atoms with E-state index in [-0.39, 0.29) is 36.1 Å². The van der Waals surface area contributed by atoms with Gasteiger partial charge in [0.25, 0.3) is 0 Å². The number of nitrogens with zero attached hydrogens (tertiary/aromatic N) is 2. The Balaban J connectivity index is 0.00000481. The van der Waals surface area contributed by atoms with Crippen LogP contribution in [0.25, 0.3) is 21.5 Å². The minimum absolute atomic E-state index is 0. The standard InChI is InChI=1S/C45H46N2O5.ClH/c1-44(2)37(46(27-25-39(48)49)35-21-17-29-11-6-8-15-33(29)41(35)44)23-19-31-13-10-14-32(43(31)52-5)20-24-38-45(3,4)42-34-16-9-7-12-30(34)18-22-36(42)47(38)28-26-40(50)51;/h6-9,11-12,15-24H,10,13-14,25-28H2,1-5H3,(H-,48,49,50,51);1H. The molecule has 53 heavy (non-hydrogen) atoms. The molecule has 7 rings (SSSR count). The number of hydrogen-bond acceptors (Lipinski definition) is 4. The maximum Gasteiger partial charge on any atom is 0.309 e. The summed E-state index contributed by atoms with van der Waals surface area (Å²) < 4.78 is 8.32. The lowest BCUT2D eigenvalue weighted by molar-refractivity contribution is -0.436. The Bertz CT molecular complexity index is 2290. The van der Waals surface area contributed by atoms with E-state index in [4.69, 9.17) is 4.74 Å². The van der Waals surface area contributed by atoms with E-state index in [9.17, 15) is 19.8 Å². The van der Waals surface area contributed by atoms with Crippen LogP contribution < -0.4 is 17.3 Å². The largest absolute Gasteiger partial charge is 1.00 e. The molecule has 4 aromatic rings. The van der Waals surface area contributed by atoms with Crippen molar-refractivity contribution in [2.24, 2.45) is 0 Å². The van der Waals surface area contributed by atoms with Crippen LogP contribution in [-0.2, 0) is 25.2 Å². The van der Waals surface area contributed by atoms with E-state index >= 15 is 0 Å². The number of carbonyl (C=O) groups is 2. The molecule has 0 radical (unpaired) electrons. The second-order valence-electron chi connectivity index (χ2n) is 15.1. The molecule has 3 aliphatic rings. The number of benzene rings is 4. The maximum absolute atomic E-state index is 11.8. The third-order valence-electron chi connectivity index (χ3n) is 11.2. The van der Waals surface area contributed by atoms with Crippen LogP contribution in [0.5, 0.6) is 0 Å². The molecular formula is C45H47ClN2O5. The normalized spacial score (nSPS) is 19.0. The highest BCUT2D eigenvalue weighted by atomic mass is 35.5. The van der Waals surface area contributed by atoms with E-state index in [2.05, 4.69) is 122 Å². The average molecular weight is 731 g/mol. The average Bonchev–Trinajstić information content (AvgIpc) is 3.49. The molecule has 0 amide bonds. The summed E-state index contributed by atoms with van der Waals surface area (Å²) in [6.07, 6.45) is 11.4. The first-order valence-electron chi connectivity index (χ1n) is 18.2. The fourth-order valence-electron chi connectivity index (χ4n) is 8.81. The maximum atomic E-state index is 11.8. The zero-order valence-electron chi connectivity index (χ0n) is 31.1. The van der Waals surface area contributed by atoms with Crippen LogP contribution in [0.3, 0.4) is 0 Å². The van der Waals surface area contributed by atoms with Crippen LogP contribution in [0.4, 0.5) is 11.4 Å². The number of halogens is 1. The van der Waals surface area contributed by atoms with E-state index in [1.54, 1.807) is 7.11 Å². The van der Waals surface area contributed by atoms with Gasteiger partial charge in [-0.3, -0.25) is 9.59 Å². The quantitative estimate of drug-likeness (QED) is 0.180. The second-order valence-corrected chi connectivity index (χ2v) is 15.1. The number of anilines is 1. The molecule has 2 heterocycles. The molecule has 0 saturated carbocycles. The first kappa shape index (κ1) is 37.6. The van der Waals surface area contributed by atoms with Crippen molar-refractivity contribution in [3.05, 3.63) is 131 Å². The van der Waals surface area contributed by atoms with E-state index in [1.807, 2.05) is 12.1 Å². The Hall–Kier alpha value is -5.14. The van der Waals surface area contributed by atoms with Crippen LogP contribution >= 0.6 is 0 Å². The summed E-state index contributed by atoms with van der Waals surface area (Å²) >= 11 is 0. The summed E-state index contributed by atoms with van der Waals surface area (Å²) in [6.45, 7) is 9.66.